The Hall–Kier alpha value is -2.77. The highest BCUT2D eigenvalue weighted by atomic mass is 35.5. The molecule has 0 spiro atoms. The van der Waals surface area contributed by atoms with Gasteiger partial charge in [-0.2, -0.15) is 11.8 Å². The number of methoxy groups -OCH3 is 1. The highest BCUT2D eigenvalue weighted by molar-refractivity contribution is 7.99. The van der Waals surface area contributed by atoms with Gasteiger partial charge in [0.25, 0.3) is 0 Å². The number of benzene rings is 2. The molecule has 2 aliphatic rings. The zero-order valence-corrected chi connectivity index (χ0v) is 23.9. The first kappa shape index (κ1) is 28.2. The highest BCUT2D eigenvalue weighted by Gasteiger charge is 2.46. The third kappa shape index (κ3) is 6.10. The van der Waals surface area contributed by atoms with Gasteiger partial charge in [0.2, 0.25) is 0 Å². The second-order valence-electron chi connectivity index (χ2n) is 9.36. The van der Waals surface area contributed by atoms with Gasteiger partial charge in [-0.05, 0) is 67.3 Å². The Balaban J connectivity index is 1.75. The number of allylic oxidation sites excluding steroid dienone is 1. The molecular weight excluding hydrogens is 522 g/mol. The molecule has 0 saturated heterocycles. The van der Waals surface area contributed by atoms with Gasteiger partial charge in [-0.1, -0.05) is 36.7 Å². The maximum atomic E-state index is 13.8. The monoisotopic (exact) mass is 555 g/mol. The van der Waals surface area contributed by atoms with Crippen molar-refractivity contribution < 1.29 is 23.8 Å². The summed E-state index contributed by atoms with van der Waals surface area (Å²) in [5.74, 6) is 1.43. The van der Waals surface area contributed by atoms with E-state index in [0.29, 0.717) is 53.8 Å². The predicted molar refractivity (Wildman–Crippen MR) is 153 cm³/mol. The highest BCUT2D eigenvalue weighted by Crippen LogP contribution is 2.47. The number of ketones is 1. The van der Waals surface area contributed by atoms with E-state index in [1.807, 2.05) is 56.3 Å². The van der Waals surface area contributed by atoms with Gasteiger partial charge in [0, 0.05) is 34.5 Å². The van der Waals surface area contributed by atoms with E-state index < -0.39 is 17.8 Å². The number of hydrogen-bond donors (Lipinski definition) is 0. The molecule has 3 atom stereocenters. The summed E-state index contributed by atoms with van der Waals surface area (Å²) in [6.07, 6.45) is 1.00. The average molecular weight is 556 g/mol. The van der Waals surface area contributed by atoms with Crippen molar-refractivity contribution in [3.8, 4) is 11.5 Å². The SMILES string of the molecule is CCOc1ccc([C@@H]2C(C(=O)OCCSCC)=C(C)N=C3C[C@@H](c4ccc(Cl)cc4)CC(=O)C32)cc1OC. The van der Waals surface area contributed by atoms with E-state index in [1.54, 1.807) is 18.9 Å². The van der Waals surface area contributed by atoms with Gasteiger partial charge in [-0.25, -0.2) is 4.79 Å². The number of halogens is 1. The Labute approximate surface area is 233 Å². The van der Waals surface area contributed by atoms with Crippen molar-refractivity contribution in [2.45, 2.75) is 45.4 Å². The maximum Gasteiger partial charge on any atom is 0.336 e. The number of fused-ring (bicyclic) bond motifs is 1. The van der Waals surface area contributed by atoms with E-state index in [1.165, 1.54) is 0 Å². The fraction of sp³-hybridized carbons (Fsp3) is 0.433. The van der Waals surface area contributed by atoms with Gasteiger partial charge in [0.05, 0.1) is 25.2 Å². The molecule has 2 aromatic rings. The minimum atomic E-state index is -0.544. The van der Waals surface area contributed by atoms with Gasteiger partial charge in [0.15, 0.2) is 11.5 Å². The predicted octanol–water partition coefficient (Wildman–Crippen LogP) is 6.62. The summed E-state index contributed by atoms with van der Waals surface area (Å²) in [6, 6.07) is 13.3. The van der Waals surface area contributed by atoms with Crippen LogP contribution >= 0.6 is 23.4 Å². The van der Waals surface area contributed by atoms with E-state index in [4.69, 9.17) is 30.8 Å². The minimum absolute atomic E-state index is 0.0117. The van der Waals surface area contributed by atoms with E-state index in [9.17, 15) is 9.59 Å². The number of aliphatic imine (C=N–C) groups is 1. The molecule has 1 fully saturated rings. The summed E-state index contributed by atoms with van der Waals surface area (Å²) >= 11 is 7.80. The van der Waals surface area contributed by atoms with Crippen LogP contribution in [0.3, 0.4) is 0 Å². The largest absolute Gasteiger partial charge is 0.493 e. The first-order chi connectivity index (χ1) is 18.4. The number of Topliss-reactive ketones (excluding diaryl/α,β-unsaturated/α-hetero) is 1. The number of rotatable bonds is 10. The summed E-state index contributed by atoms with van der Waals surface area (Å²) in [6.45, 7) is 6.61. The molecule has 2 aromatic carbocycles. The van der Waals surface area contributed by atoms with Crippen LogP contribution in [0.1, 0.15) is 56.6 Å². The van der Waals surface area contributed by atoms with Gasteiger partial charge in [-0.3, -0.25) is 9.79 Å². The smallest absolute Gasteiger partial charge is 0.336 e. The zero-order valence-electron chi connectivity index (χ0n) is 22.3. The Morgan fingerprint density at radius 3 is 2.47 bits per heavy atom. The molecule has 1 unspecified atom stereocenters. The lowest BCUT2D eigenvalue weighted by Gasteiger charge is -2.38. The van der Waals surface area contributed by atoms with Crippen LogP contribution in [0, 0.1) is 5.92 Å². The molecule has 0 bridgehead atoms. The number of carbonyl (C=O) groups is 2. The lowest BCUT2D eigenvalue weighted by Crippen LogP contribution is -2.41. The fourth-order valence-electron chi connectivity index (χ4n) is 5.34. The molecule has 0 radical (unpaired) electrons. The van der Waals surface area contributed by atoms with Gasteiger partial charge >= 0.3 is 5.97 Å². The van der Waals surface area contributed by atoms with E-state index in [0.717, 1.165) is 28.3 Å². The zero-order chi connectivity index (χ0) is 27.2. The third-order valence-electron chi connectivity index (χ3n) is 7.03. The molecule has 1 aliphatic carbocycles. The Morgan fingerprint density at radius 2 is 1.79 bits per heavy atom. The number of carbonyl (C=O) groups excluding carboxylic acids is 2. The molecule has 1 saturated carbocycles. The topological polar surface area (TPSA) is 74.2 Å². The Kier molecular flexibility index (Phi) is 9.55. The van der Waals surface area contributed by atoms with E-state index in [-0.39, 0.29) is 11.7 Å². The first-order valence-corrected chi connectivity index (χ1v) is 14.5. The molecule has 38 heavy (non-hydrogen) atoms. The van der Waals surface area contributed by atoms with Crippen LogP contribution in [0.5, 0.6) is 11.5 Å². The van der Waals surface area contributed by atoms with Crippen molar-refractivity contribution in [1.29, 1.82) is 0 Å². The van der Waals surface area contributed by atoms with Crippen molar-refractivity contribution in [3.63, 3.8) is 0 Å². The fourth-order valence-corrected chi connectivity index (χ4v) is 5.96. The molecule has 0 amide bonds. The second-order valence-corrected chi connectivity index (χ2v) is 11.2. The van der Waals surface area contributed by atoms with Gasteiger partial charge in [0.1, 0.15) is 12.4 Å². The number of nitrogens with zero attached hydrogens (tertiary/aromatic N) is 1. The van der Waals surface area contributed by atoms with E-state index in [2.05, 4.69) is 6.92 Å². The normalized spacial score (nSPS) is 21.0. The van der Waals surface area contributed by atoms with Crippen LogP contribution in [0.15, 0.2) is 58.7 Å². The summed E-state index contributed by atoms with van der Waals surface area (Å²) < 4.78 is 17.0. The van der Waals surface area contributed by atoms with Gasteiger partial charge < -0.3 is 14.2 Å². The summed E-state index contributed by atoms with van der Waals surface area (Å²) in [7, 11) is 1.58. The van der Waals surface area contributed by atoms with Crippen molar-refractivity contribution in [1.82, 2.24) is 0 Å². The van der Waals surface area contributed by atoms with Crippen molar-refractivity contribution in [2.75, 3.05) is 31.8 Å². The Bertz CT molecular complexity index is 1240. The molecule has 0 N–H and O–H groups in total. The first-order valence-electron chi connectivity index (χ1n) is 13.0. The average Bonchev–Trinajstić information content (AvgIpc) is 2.91. The number of thioether (sulfide) groups is 1. The van der Waals surface area contributed by atoms with Crippen LogP contribution in [-0.2, 0) is 14.3 Å². The molecule has 202 valence electrons. The number of esters is 1. The van der Waals surface area contributed by atoms with Crippen LogP contribution in [0.4, 0.5) is 0 Å². The molecule has 8 heteroatoms. The second kappa shape index (κ2) is 12.9. The summed E-state index contributed by atoms with van der Waals surface area (Å²) in [5, 5.41) is 0.660. The molecule has 1 aliphatic heterocycles. The van der Waals surface area contributed by atoms with Crippen LogP contribution in [-0.4, -0.2) is 49.3 Å². The quantitative estimate of drug-likeness (QED) is 0.242. The third-order valence-corrected chi connectivity index (χ3v) is 8.14. The molecule has 6 nitrogen and oxygen atoms in total. The molecule has 0 aromatic heterocycles. The number of ether oxygens (including phenoxy) is 3. The lowest BCUT2D eigenvalue weighted by atomic mass is 9.66. The van der Waals surface area contributed by atoms with Crippen LogP contribution in [0.25, 0.3) is 0 Å². The van der Waals surface area contributed by atoms with Crippen LogP contribution in [0.2, 0.25) is 5.02 Å². The maximum absolute atomic E-state index is 13.8. The molecular formula is C30H34ClNO5S. The molecule has 4 rings (SSSR count). The van der Waals surface area contributed by atoms with E-state index >= 15 is 0 Å². The lowest BCUT2D eigenvalue weighted by molar-refractivity contribution is -0.139. The summed E-state index contributed by atoms with van der Waals surface area (Å²) in [5.41, 5.74) is 3.69. The van der Waals surface area contributed by atoms with Crippen molar-refractivity contribution in [3.05, 3.63) is 69.9 Å². The Morgan fingerprint density at radius 1 is 1.05 bits per heavy atom. The molecule has 1 heterocycles. The van der Waals surface area contributed by atoms with Gasteiger partial charge in [-0.15, -0.1) is 0 Å². The summed E-state index contributed by atoms with van der Waals surface area (Å²) in [4.78, 5) is 32.1. The van der Waals surface area contributed by atoms with Crippen molar-refractivity contribution in [2.24, 2.45) is 10.9 Å². The standard InChI is InChI=1S/C30H34ClNO5S/c1-5-36-25-12-9-20(17-26(25)35-4)28-27(30(34)37-13-14-38-6-2)18(3)32-23-15-21(16-24(33)29(23)28)19-7-10-22(31)11-8-19/h7-12,17,21,28-29H,5-6,13-16H2,1-4H3/t21-,28-,29?/m1/s1. The van der Waals surface area contributed by atoms with Crippen LogP contribution < -0.4 is 9.47 Å². The number of hydrogen-bond acceptors (Lipinski definition) is 7. The minimum Gasteiger partial charge on any atom is -0.493 e. The van der Waals surface area contributed by atoms with Crippen molar-refractivity contribution >= 4 is 40.8 Å².